The number of hydrogen-bond acceptors (Lipinski definition) is 9. The van der Waals surface area contributed by atoms with E-state index in [4.69, 9.17) is 9.47 Å². The van der Waals surface area contributed by atoms with Gasteiger partial charge in [0.1, 0.15) is 35.7 Å². The molecule has 0 bridgehead atoms. The zero-order valence-electron chi connectivity index (χ0n) is 42.7. The second-order valence-corrected chi connectivity index (χ2v) is 21.1. The normalized spacial score (nSPS) is 18.1. The number of hydrogen-bond donors (Lipinski definition) is 1. The number of rotatable bonds is 13. The van der Waals surface area contributed by atoms with Crippen molar-refractivity contribution in [2.24, 2.45) is 19.5 Å². The van der Waals surface area contributed by atoms with Crippen LogP contribution in [0.5, 0.6) is 11.5 Å². The van der Waals surface area contributed by atoms with Gasteiger partial charge in [-0.15, -0.1) is 0 Å². The number of benzene rings is 4. The van der Waals surface area contributed by atoms with Gasteiger partial charge in [0.15, 0.2) is 0 Å². The summed E-state index contributed by atoms with van der Waals surface area (Å²) in [5.74, 6) is -0.695. The van der Waals surface area contributed by atoms with Gasteiger partial charge in [-0.2, -0.15) is 5.26 Å². The zero-order valence-corrected chi connectivity index (χ0v) is 42.7. The fourth-order valence-electron chi connectivity index (χ4n) is 11.6. The molecule has 11 rings (SSSR count). The monoisotopic (exact) mass is 998 g/mol. The number of likely N-dealkylation sites (tertiary alicyclic amines) is 1. The Kier molecular flexibility index (Phi) is 13.2. The van der Waals surface area contributed by atoms with Crippen LogP contribution >= 0.6 is 0 Å². The van der Waals surface area contributed by atoms with E-state index in [0.29, 0.717) is 113 Å². The van der Waals surface area contributed by atoms with Gasteiger partial charge in [0, 0.05) is 119 Å². The Hall–Kier alpha value is -7.25. The van der Waals surface area contributed by atoms with Crippen molar-refractivity contribution in [3.63, 3.8) is 0 Å². The van der Waals surface area contributed by atoms with Crippen molar-refractivity contribution in [2.75, 3.05) is 70.5 Å². The highest BCUT2D eigenvalue weighted by Gasteiger charge is 2.52. The minimum atomic E-state index is -0.493. The standard InChI is InChI=1S/C59H63FN8O6/c1-38-50(58(72)68(45-10-12-48(69)13-11-45)54-29-46(32-61)62(3)39(54)2)31-55(63(38)4)51-26-41-15-18-66(56(70)28-42-9-14-49(30-53(42)60)74-24-21-64-19-22-73-23-20-64)33-44(41)27-52(51)57(71)67-34-43-8-6-5-7-40(43)25-47(67)35-65-36-59(37-65)16-17-59/h5-14,26-27,29-31,47,69H,15-25,28,33-37H2,1-4H3/t47-/m0/s1. The molecule has 382 valence electrons. The molecule has 2 saturated heterocycles. The summed E-state index contributed by atoms with van der Waals surface area (Å²) < 4.78 is 30.6. The summed E-state index contributed by atoms with van der Waals surface area (Å²) in [6, 6.07) is 29.2. The maximum absolute atomic E-state index is 15.8. The molecule has 1 atom stereocenters. The summed E-state index contributed by atoms with van der Waals surface area (Å²) >= 11 is 0. The highest BCUT2D eigenvalue weighted by atomic mass is 19.1. The van der Waals surface area contributed by atoms with Crippen LogP contribution in [0.4, 0.5) is 15.8 Å². The van der Waals surface area contributed by atoms with Gasteiger partial charge < -0.3 is 38.4 Å². The summed E-state index contributed by atoms with van der Waals surface area (Å²) in [4.78, 5) is 55.2. The minimum absolute atomic E-state index is 0.0513. The maximum atomic E-state index is 15.8. The van der Waals surface area contributed by atoms with Crippen LogP contribution in [0.15, 0.2) is 91.0 Å². The van der Waals surface area contributed by atoms with Gasteiger partial charge in [-0.3, -0.25) is 24.2 Å². The number of fused-ring (bicyclic) bond motifs is 2. The molecule has 1 aliphatic carbocycles. The van der Waals surface area contributed by atoms with Crippen molar-refractivity contribution in [1.82, 2.24) is 28.7 Å². The molecule has 4 aromatic carbocycles. The Bertz CT molecular complexity index is 3210. The molecular formula is C59H63FN8O6. The molecule has 1 saturated carbocycles. The average molecular weight is 999 g/mol. The Morgan fingerprint density at radius 1 is 0.838 bits per heavy atom. The summed E-state index contributed by atoms with van der Waals surface area (Å²) in [5, 5.41) is 20.2. The molecule has 1 spiro atoms. The Morgan fingerprint density at radius 3 is 2.31 bits per heavy atom. The molecule has 3 fully saturated rings. The van der Waals surface area contributed by atoms with Crippen LogP contribution < -0.4 is 9.64 Å². The van der Waals surface area contributed by atoms with E-state index < -0.39 is 5.82 Å². The highest BCUT2D eigenvalue weighted by Crippen LogP contribution is 2.53. The van der Waals surface area contributed by atoms with Crippen molar-refractivity contribution in [3.8, 4) is 28.8 Å². The summed E-state index contributed by atoms with van der Waals surface area (Å²) in [7, 11) is 3.69. The number of anilines is 2. The molecule has 1 N–H and O–H groups in total. The number of morpholine rings is 1. The number of aromatic hydroxyl groups is 1. The molecule has 0 unspecified atom stereocenters. The molecule has 2 aromatic heterocycles. The number of phenols is 1. The SMILES string of the molecule is Cc1c(N(C(=O)c2cc(-c3cc4c(cc3C(=O)N3Cc5ccccc5C[C@H]3CN3CC5(CC5)C3)CN(C(=O)Cc3ccc(OCCN5CCOCC5)cc3F)CC4)n(C)c2C)c2ccc(O)cc2)cc(C#N)n1C. The zero-order chi connectivity index (χ0) is 51.4. The van der Waals surface area contributed by atoms with Crippen molar-refractivity contribution in [2.45, 2.75) is 65.1 Å². The fourth-order valence-corrected chi connectivity index (χ4v) is 11.6. The molecule has 3 amide bonds. The number of carbonyl (C=O) groups is 3. The average Bonchev–Trinajstić information content (AvgIpc) is 4.09. The minimum Gasteiger partial charge on any atom is -0.508 e. The number of nitrogens with zero attached hydrogens (tertiary/aromatic N) is 8. The van der Waals surface area contributed by atoms with Gasteiger partial charge in [0.05, 0.1) is 30.9 Å². The number of phenolic OH excluding ortho intramolecular Hbond substituents is 1. The predicted octanol–water partition coefficient (Wildman–Crippen LogP) is 7.84. The lowest BCUT2D eigenvalue weighted by molar-refractivity contribution is -0.131. The molecular weight excluding hydrogens is 936 g/mol. The van der Waals surface area contributed by atoms with Gasteiger partial charge >= 0.3 is 0 Å². The van der Waals surface area contributed by atoms with E-state index in [1.165, 1.54) is 36.6 Å². The predicted molar refractivity (Wildman–Crippen MR) is 279 cm³/mol. The van der Waals surface area contributed by atoms with Crippen molar-refractivity contribution < 1.29 is 33.4 Å². The van der Waals surface area contributed by atoms with E-state index in [1.807, 2.05) is 48.6 Å². The first kappa shape index (κ1) is 49.0. The van der Waals surface area contributed by atoms with Crippen LogP contribution in [0.25, 0.3) is 11.3 Å². The number of amides is 3. The maximum Gasteiger partial charge on any atom is 0.264 e. The van der Waals surface area contributed by atoms with Crippen LogP contribution in [-0.4, -0.2) is 123 Å². The Labute approximate surface area is 431 Å². The third kappa shape index (κ3) is 9.46. The lowest BCUT2D eigenvalue weighted by atomic mass is 9.88. The molecule has 4 aliphatic heterocycles. The number of halogens is 1. The van der Waals surface area contributed by atoms with E-state index in [9.17, 15) is 15.2 Å². The lowest BCUT2D eigenvalue weighted by Crippen LogP contribution is -2.56. The molecule has 74 heavy (non-hydrogen) atoms. The van der Waals surface area contributed by atoms with Gasteiger partial charge in [0.25, 0.3) is 11.8 Å². The van der Waals surface area contributed by atoms with Crippen molar-refractivity contribution in [3.05, 3.63) is 153 Å². The molecule has 15 heteroatoms. The highest BCUT2D eigenvalue weighted by molar-refractivity contribution is 6.13. The molecule has 6 aromatic rings. The van der Waals surface area contributed by atoms with E-state index >= 15 is 14.0 Å². The third-order valence-electron chi connectivity index (χ3n) is 16.5. The van der Waals surface area contributed by atoms with Crippen LogP contribution in [0.3, 0.4) is 0 Å². The largest absolute Gasteiger partial charge is 0.508 e. The number of nitriles is 1. The topological polar surface area (TPSA) is 140 Å². The van der Waals surface area contributed by atoms with Crippen LogP contribution in [0, 0.1) is 36.4 Å². The smallest absolute Gasteiger partial charge is 0.264 e. The van der Waals surface area contributed by atoms with Crippen LogP contribution in [0.1, 0.15) is 78.5 Å². The summed E-state index contributed by atoms with van der Waals surface area (Å²) in [6.45, 7) is 11.9. The van der Waals surface area contributed by atoms with E-state index in [2.05, 4.69) is 40.1 Å². The Morgan fingerprint density at radius 2 is 1.59 bits per heavy atom. The van der Waals surface area contributed by atoms with Gasteiger partial charge in [-0.05, 0) is 127 Å². The van der Waals surface area contributed by atoms with E-state index in [0.717, 1.165) is 55.8 Å². The first-order chi connectivity index (χ1) is 35.8. The number of aromatic nitrogens is 2. The summed E-state index contributed by atoms with van der Waals surface area (Å²) in [5.41, 5.74) is 10.0. The lowest BCUT2D eigenvalue weighted by Gasteiger charge is -2.46. The second-order valence-electron chi connectivity index (χ2n) is 21.1. The third-order valence-corrected chi connectivity index (χ3v) is 16.5. The van der Waals surface area contributed by atoms with Gasteiger partial charge in [-0.1, -0.05) is 30.3 Å². The summed E-state index contributed by atoms with van der Waals surface area (Å²) in [6.07, 6.45) is 3.65. The second kappa shape index (κ2) is 19.9. The van der Waals surface area contributed by atoms with Gasteiger partial charge in [0.2, 0.25) is 5.91 Å². The van der Waals surface area contributed by atoms with Crippen LogP contribution in [0.2, 0.25) is 0 Å². The molecule has 0 radical (unpaired) electrons. The quantitative estimate of drug-likeness (QED) is 0.123. The number of carbonyl (C=O) groups excluding carboxylic acids is 3. The fraction of sp³-hybridized carbons (Fsp3) is 0.390. The first-order valence-corrected chi connectivity index (χ1v) is 25.9. The molecule has 6 heterocycles. The number of ether oxygens (including phenoxy) is 2. The van der Waals surface area contributed by atoms with Gasteiger partial charge in [-0.25, -0.2) is 4.39 Å². The van der Waals surface area contributed by atoms with Crippen molar-refractivity contribution >= 4 is 29.1 Å². The van der Waals surface area contributed by atoms with E-state index in [-0.39, 0.29) is 42.5 Å². The molecule has 5 aliphatic rings. The van der Waals surface area contributed by atoms with Crippen LogP contribution in [-0.2, 0) is 56.0 Å². The first-order valence-electron chi connectivity index (χ1n) is 25.9. The van der Waals surface area contributed by atoms with E-state index in [1.54, 1.807) is 51.7 Å². The molecule has 14 nitrogen and oxygen atoms in total. The van der Waals surface area contributed by atoms with Crippen molar-refractivity contribution in [1.29, 1.82) is 5.26 Å². The Balaban J connectivity index is 0.927.